The van der Waals surface area contributed by atoms with Gasteiger partial charge in [-0.3, -0.25) is 0 Å². The highest BCUT2D eigenvalue weighted by Crippen LogP contribution is 2.52. The van der Waals surface area contributed by atoms with Crippen molar-refractivity contribution in [2.45, 2.75) is 19.1 Å². The van der Waals surface area contributed by atoms with Crippen LogP contribution in [0.1, 0.15) is 34.4 Å². The molecule has 0 fully saturated rings. The predicted octanol–water partition coefficient (Wildman–Crippen LogP) is 5.30. The first-order valence-electron chi connectivity index (χ1n) is 11.2. The van der Waals surface area contributed by atoms with Gasteiger partial charge in [0.2, 0.25) is 5.95 Å². The number of benzene rings is 3. The standard InChI is InChI=1S/C27H23FN4O3/c1-15-8-11-21-19(12-15)24-23(26(35-21)18-10-9-16(33-2)13-22(18)34-3)25(17-6-4-5-7-20(17)28)32-27(31-24)29-14-30-32/h4-14,25-26H,1-3H3,(H,29,30,31). The average molecular weight is 471 g/mol. The molecule has 0 saturated heterocycles. The fourth-order valence-electron chi connectivity index (χ4n) is 4.87. The molecule has 2 atom stereocenters. The van der Waals surface area contributed by atoms with Gasteiger partial charge in [0, 0.05) is 28.3 Å². The Kier molecular flexibility index (Phi) is 4.95. The summed E-state index contributed by atoms with van der Waals surface area (Å²) in [5, 5.41) is 7.90. The Bertz CT molecular complexity index is 1480. The van der Waals surface area contributed by atoms with E-state index in [1.807, 2.05) is 43.3 Å². The van der Waals surface area contributed by atoms with E-state index >= 15 is 4.39 Å². The molecule has 1 aromatic heterocycles. The topological polar surface area (TPSA) is 70.4 Å². The number of nitrogens with zero attached hydrogens (tertiary/aromatic N) is 3. The van der Waals surface area contributed by atoms with Crippen LogP contribution in [0.15, 0.2) is 72.6 Å². The van der Waals surface area contributed by atoms with Gasteiger partial charge in [0.1, 0.15) is 35.4 Å². The normalized spacial score (nSPS) is 18.1. The molecule has 0 aliphatic carbocycles. The third-order valence-corrected chi connectivity index (χ3v) is 6.49. The van der Waals surface area contributed by atoms with Gasteiger partial charge in [-0.2, -0.15) is 10.1 Å². The summed E-state index contributed by atoms with van der Waals surface area (Å²) in [6, 6.07) is 17.8. The minimum atomic E-state index is -0.588. The molecule has 1 N–H and O–H groups in total. The Morgan fingerprint density at radius 1 is 1.00 bits per heavy atom. The van der Waals surface area contributed by atoms with Gasteiger partial charge >= 0.3 is 0 Å². The highest BCUT2D eigenvalue weighted by atomic mass is 19.1. The number of anilines is 1. The lowest BCUT2D eigenvalue weighted by molar-refractivity contribution is 0.217. The molecule has 7 nitrogen and oxygen atoms in total. The molecular weight excluding hydrogens is 447 g/mol. The summed E-state index contributed by atoms with van der Waals surface area (Å²) in [6.45, 7) is 2.03. The van der Waals surface area contributed by atoms with E-state index in [0.29, 0.717) is 28.8 Å². The van der Waals surface area contributed by atoms with Gasteiger partial charge < -0.3 is 19.5 Å². The Labute approximate surface area is 201 Å². The number of hydrogen-bond donors (Lipinski definition) is 1. The van der Waals surface area contributed by atoms with Crippen LogP contribution in [0, 0.1) is 12.7 Å². The summed E-state index contributed by atoms with van der Waals surface area (Å²) in [5.74, 6) is 2.19. The van der Waals surface area contributed by atoms with Gasteiger partial charge in [-0.1, -0.05) is 29.8 Å². The first-order valence-corrected chi connectivity index (χ1v) is 11.2. The first-order chi connectivity index (χ1) is 17.1. The number of halogens is 1. The second-order valence-electron chi connectivity index (χ2n) is 8.51. The van der Waals surface area contributed by atoms with Crippen LogP contribution in [0.5, 0.6) is 17.2 Å². The van der Waals surface area contributed by atoms with Crippen LogP contribution in [0.3, 0.4) is 0 Å². The first kappa shape index (κ1) is 21.2. The largest absolute Gasteiger partial charge is 0.497 e. The Hall–Kier alpha value is -4.33. The molecule has 0 bridgehead atoms. The van der Waals surface area contributed by atoms with Gasteiger partial charge in [-0.25, -0.2) is 9.07 Å². The fourth-order valence-corrected chi connectivity index (χ4v) is 4.87. The maximum absolute atomic E-state index is 15.3. The Morgan fingerprint density at radius 2 is 1.86 bits per heavy atom. The number of nitrogens with one attached hydrogen (secondary N) is 1. The second kappa shape index (κ2) is 8.16. The minimum Gasteiger partial charge on any atom is -0.497 e. The van der Waals surface area contributed by atoms with Gasteiger partial charge in [0.05, 0.1) is 19.9 Å². The molecule has 3 heterocycles. The molecule has 0 spiro atoms. The van der Waals surface area contributed by atoms with Crippen molar-refractivity contribution in [1.82, 2.24) is 14.8 Å². The van der Waals surface area contributed by atoms with Crippen molar-refractivity contribution >= 4 is 11.6 Å². The van der Waals surface area contributed by atoms with Gasteiger partial charge in [-0.15, -0.1) is 0 Å². The Balaban J connectivity index is 1.65. The molecule has 2 aliphatic heterocycles. The SMILES string of the molecule is COc1ccc(C2Oc3ccc(C)cc3C3=C2C(c2ccccc2F)n2ncnc2N3)c(OC)c1. The molecule has 176 valence electrons. The van der Waals surface area contributed by atoms with E-state index in [9.17, 15) is 0 Å². The molecule has 4 aromatic rings. The van der Waals surface area contributed by atoms with Crippen molar-refractivity contribution in [2.75, 3.05) is 19.5 Å². The van der Waals surface area contributed by atoms with Crippen LogP contribution in [-0.2, 0) is 0 Å². The van der Waals surface area contributed by atoms with Gasteiger partial charge in [0.25, 0.3) is 0 Å². The van der Waals surface area contributed by atoms with E-state index < -0.39 is 12.1 Å². The van der Waals surface area contributed by atoms with E-state index in [1.54, 1.807) is 31.0 Å². The van der Waals surface area contributed by atoms with Crippen LogP contribution in [0.25, 0.3) is 5.70 Å². The smallest absolute Gasteiger partial charge is 0.226 e. The summed E-state index contributed by atoms with van der Waals surface area (Å²) in [6.07, 6.45) is 0.880. The lowest BCUT2D eigenvalue weighted by Gasteiger charge is -2.39. The van der Waals surface area contributed by atoms with E-state index in [1.165, 1.54) is 12.4 Å². The minimum absolute atomic E-state index is 0.330. The number of methoxy groups -OCH3 is 2. The van der Waals surface area contributed by atoms with Gasteiger partial charge in [-0.05, 0) is 37.3 Å². The molecule has 0 amide bonds. The number of aromatic nitrogens is 3. The average Bonchev–Trinajstić information content (AvgIpc) is 3.36. The van der Waals surface area contributed by atoms with Crippen molar-refractivity contribution in [3.05, 3.63) is 101 Å². The highest BCUT2D eigenvalue weighted by Gasteiger charge is 2.42. The monoisotopic (exact) mass is 470 g/mol. The van der Waals surface area contributed by atoms with Crippen molar-refractivity contribution in [1.29, 1.82) is 0 Å². The third-order valence-electron chi connectivity index (χ3n) is 6.49. The second-order valence-corrected chi connectivity index (χ2v) is 8.51. The summed E-state index contributed by atoms with van der Waals surface area (Å²) in [5.41, 5.74) is 4.88. The lowest BCUT2D eigenvalue weighted by atomic mass is 9.84. The van der Waals surface area contributed by atoms with E-state index in [2.05, 4.69) is 21.5 Å². The summed E-state index contributed by atoms with van der Waals surface area (Å²) in [7, 11) is 3.22. The summed E-state index contributed by atoms with van der Waals surface area (Å²) in [4.78, 5) is 4.40. The van der Waals surface area contributed by atoms with Crippen molar-refractivity contribution in [3.63, 3.8) is 0 Å². The molecule has 0 radical (unpaired) electrons. The van der Waals surface area contributed by atoms with Crippen LogP contribution in [0.4, 0.5) is 10.3 Å². The zero-order valence-corrected chi connectivity index (χ0v) is 19.4. The maximum atomic E-state index is 15.3. The number of ether oxygens (including phenoxy) is 3. The number of hydrogen-bond acceptors (Lipinski definition) is 6. The fraction of sp³-hybridized carbons (Fsp3) is 0.185. The van der Waals surface area contributed by atoms with Crippen LogP contribution in [0.2, 0.25) is 0 Å². The van der Waals surface area contributed by atoms with Crippen molar-refractivity contribution < 1.29 is 18.6 Å². The highest BCUT2D eigenvalue weighted by molar-refractivity contribution is 5.85. The van der Waals surface area contributed by atoms with Crippen LogP contribution in [-0.4, -0.2) is 29.0 Å². The molecule has 35 heavy (non-hydrogen) atoms. The number of fused-ring (bicyclic) bond motifs is 3. The molecular formula is C27H23FN4O3. The zero-order chi connectivity index (χ0) is 24.1. The molecule has 2 unspecified atom stereocenters. The van der Waals surface area contributed by atoms with Crippen molar-refractivity contribution in [2.24, 2.45) is 0 Å². The number of aryl methyl sites for hydroxylation is 1. The molecule has 8 heteroatoms. The quantitative estimate of drug-likeness (QED) is 0.436. The molecule has 3 aromatic carbocycles. The number of rotatable bonds is 4. The molecule has 0 saturated carbocycles. The van der Waals surface area contributed by atoms with E-state index in [4.69, 9.17) is 14.2 Å². The Morgan fingerprint density at radius 3 is 2.66 bits per heavy atom. The maximum Gasteiger partial charge on any atom is 0.226 e. The summed E-state index contributed by atoms with van der Waals surface area (Å²) < 4.78 is 34.8. The predicted molar refractivity (Wildman–Crippen MR) is 129 cm³/mol. The van der Waals surface area contributed by atoms with Crippen LogP contribution >= 0.6 is 0 Å². The third kappa shape index (κ3) is 3.32. The van der Waals surface area contributed by atoms with Crippen molar-refractivity contribution in [3.8, 4) is 17.2 Å². The zero-order valence-electron chi connectivity index (χ0n) is 19.4. The van der Waals surface area contributed by atoms with E-state index in [-0.39, 0.29) is 5.82 Å². The lowest BCUT2D eigenvalue weighted by Crippen LogP contribution is -2.33. The molecule has 6 rings (SSSR count). The van der Waals surface area contributed by atoms with Crippen LogP contribution < -0.4 is 19.5 Å². The van der Waals surface area contributed by atoms with E-state index in [0.717, 1.165) is 28.0 Å². The summed E-state index contributed by atoms with van der Waals surface area (Å²) >= 11 is 0. The molecule has 2 aliphatic rings. The van der Waals surface area contributed by atoms with Gasteiger partial charge in [0.15, 0.2) is 6.10 Å².